The number of hydrogen-bond acceptors (Lipinski definition) is 5. The highest BCUT2D eigenvalue weighted by Gasteiger charge is 2.23. The highest BCUT2D eigenvalue weighted by Crippen LogP contribution is 2.23. The zero-order chi connectivity index (χ0) is 21.1. The van der Waals surface area contributed by atoms with E-state index in [2.05, 4.69) is 53.0 Å². The minimum atomic E-state index is 0.0837. The fraction of sp³-hybridized carbons (Fsp3) is 0.333. The summed E-state index contributed by atoms with van der Waals surface area (Å²) in [6, 6.07) is 17.6. The Morgan fingerprint density at radius 2 is 1.57 bits per heavy atom. The van der Waals surface area contributed by atoms with Crippen molar-refractivity contribution in [2.75, 3.05) is 31.1 Å². The SMILES string of the molecule is CC(C)(C)c1ccc(C(=O)N2CCN(c3ccc(-c4ccccn4)nn3)CC2)cc1. The summed E-state index contributed by atoms with van der Waals surface area (Å²) in [7, 11) is 0. The molecule has 1 amide bonds. The normalized spacial score (nSPS) is 14.6. The van der Waals surface area contributed by atoms with Crippen LogP contribution in [0, 0.1) is 0 Å². The third kappa shape index (κ3) is 4.32. The first kappa shape index (κ1) is 20.0. The van der Waals surface area contributed by atoms with Crippen LogP contribution in [0.1, 0.15) is 36.7 Å². The summed E-state index contributed by atoms with van der Waals surface area (Å²) in [6.07, 6.45) is 1.75. The Labute approximate surface area is 177 Å². The molecule has 0 unspecified atom stereocenters. The maximum Gasteiger partial charge on any atom is 0.253 e. The maximum atomic E-state index is 12.9. The van der Waals surface area contributed by atoms with Gasteiger partial charge in [-0.05, 0) is 47.4 Å². The molecule has 6 nitrogen and oxygen atoms in total. The van der Waals surface area contributed by atoms with Gasteiger partial charge in [0.25, 0.3) is 5.91 Å². The maximum absolute atomic E-state index is 12.9. The molecule has 3 heterocycles. The van der Waals surface area contributed by atoms with Crippen molar-refractivity contribution in [2.45, 2.75) is 26.2 Å². The second-order valence-electron chi connectivity index (χ2n) is 8.60. The number of carbonyl (C=O) groups excluding carboxylic acids is 1. The largest absolute Gasteiger partial charge is 0.352 e. The number of piperazine rings is 1. The van der Waals surface area contributed by atoms with E-state index in [0.717, 1.165) is 35.9 Å². The van der Waals surface area contributed by atoms with Crippen LogP contribution >= 0.6 is 0 Å². The van der Waals surface area contributed by atoms with E-state index in [1.807, 2.05) is 47.4 Å². The van der Waals surface area contributed by atoms with Gasteiger partial charge in [-0.15, -0.1) is 10.2 Å². The third-order valence-corrected chi connectivity index (χ3v) is 5.47. The van der Waals surface area contributed by atoms with E-state index in [4.69, 9.17) is 0 Å². The van der Waals surface area contributed by atoms with Crippen molar-refractivity contribution in [1.29, 1.82) is 0 Å². The Morgan fingerprint density at radius 1 is 0.833 bits per heavy atom. The van der Waals surface area contributed by atoms with Gasteiger partial charge in [0.2, 0.25) is 0 Å². The Kier molecular flexibility index (Phi) is 5.48. The van der Waals surface area contributed by atoms with Crippen LogP contribution in [0.3, 0.4) is 0 Å². The van der Waals surface area contributed by atoms with Crippen LogP contribution in [0.2, 0.25) is 0 Å². The molecule has 1 saturated heterocycles. The quantitative estimate of drug-likeness (QED) is 0.668. The van der Waals surface area contributed by atoms with Gasteiger partial charge < -0.3 is 9.80 Å². The molecule has 0 bridgehead atoms. The first-order chi connectivity index (χ1) is 14.4. The lowest BCUT2D eigenvalue weighted by molar-refractivity contribution is 0.0746. The van der Waals surface area contributed by atoms with Crippen LogP contribution in [-0.4, -0.2) is 52.2 Å². The lowest BCUT2D eigenvalue weighted by Crippen LogP contribution is -2.49. The predicted molar refractivity (Wildman–Crippen MR) is 119 cm³/mol. The molecule has 0 aliphatic carbocycles. The lowest BCUT2D eigenvalue weighted by atomic mass is 9.86. The van der Waals surface area contributed by atoms with Crippen molar-refractivity contribution >= 4 is 11.7 Å². The molecule has 1 aliphatic rings. The molecule has 1 aliphatic heterocycles. The van der Waals surface area contributed by atoms with Crippen molar-refractivity contribution in [2.24, 2.45) is 0 Å². The summed E-state index contributed by atoms with van der Waals surface area (Å²) < 4.78 is 0. The van der Waals surface area contributed by atoms with Crippen LogP contribution in [0.25, 0.3) is 11.4 Å². The molecule has 154 valence electrons. The number of carbonyl (C=O) groups is 1. The smallest absolute Gasteiger partial charge is 0.253 e. The van der Waals surface area contributed by atoms with Crippen LogP contribution in [0.15, 0.2) is 60.8 Å². The average molecular weight is 402 g/mol. The van der Waals surface area contributed by atoms with Gasteiger partial charge in [0, 0.05) is 37.9 Å². The summed E-state index contributed by atoms with van der Waals surface area (Å²) in [5.41, 5.74) is 3.63. The van der Waals surface area contributed by atoms with Crippen molar-refractivity contribution in [1.82, 2.24) is 20.1 Å². The van der Waals surface area contributed by atoms with Crippen molar-refractivity contribution in [3.8, 4) is 11.4 Å². The fourth-order valence-electron chi connectivity index (χ4n) is 3.58. The van der Waals surface area contributed by atoms with Gasteiger partial charge in [0.15, 0.2) is 5.82 Å². The van der Waals surface area contributed by atoms with Crippen molar-refractivity contribution in [3.63, 3.8) is 0 Å². The Hall–Kier alpha value is -3.28. The summed E-state index contributed by atoms with van der Waals surface area (Å²) in [4.78, 5) is 21.3. The van der Waals surface area contributed by atoms with E-state index in [9.17, 15) is 4.79 Å². The molecule has 6 heteroatoms. The third-order valence-electron chi connectivity index (χ3n) is 5.47. The summed E-state index contributed by atoms with van der Waals surface area (Å²) >= 11 is 0. The number of rotatable bonds is 3. The number of benzene rings is 1. The Morgan fingerprint density at radius 3 is 2.13 bits per heavy atom. The van der Waals surface area contributed by atoms with E-state index < -0.39 is 0 Å². The first-order valence-corrected chi connectivity index (χ1v) is 10.3. The zero-order valence-corrected chi connectivity index (χ0v) is 17.7. The van der Waals surface area contributed by atoms with Gasteiger partial charge in [-0.2, -0.15) is 0 Å². The number of nitrogens with zero attached hydrogens (tertiary/aromatic N) is 5. The summed E-state index contributed by atoms with van der Waals surface area (Å²) in [5.74, 6) is 0.919. The van der Waals surface area contributed by atoms with Crippen molar-refractivity contribution in [3.05, 3.63) is 71.9 Å². The second-order valence-corrected chi connectivity index (χ2v) is 8.60. The topological polar surface area (TPSA) is 62.2 Å². The predicted octanol–water partition coefficient (Wildman–Crippen LogP) is 3.80. The van der Waals surface area contributed by atoms with Gasteiger partial charge in [0.05, 0.1) is 5.69 Å². The molecule has 3 aromatic rings. The highest BCUT2D eigenvalue weighted by atomic mass is 16.2. The van der Waals surface area contributed by atoms with Gasteiger partial charge >= 0.3 is 0 Å². The minimum Gasteiger partial charge on any atom is -0.352 e. The molecule has 0 radical (unpaired) electrons. The number of amides is 1. The van der Waals surface area contributed by atoms with Crippen LogP contribution in [0.5, 0.6) is 0 Å². The number of pyridine rings is 1. The van der Waals surface area contributed by atoms with Crippen LogP contribution in [-0.2, 0) is 5.41 Å². The molecule has 1 fully saturated rings. The van der Waals surface area contributed by atoms with Gasteiger partial charge in [0.1, 0.15) is 5.69 Å². The van der Waals surface area contributed by atoms with E-state index in [1.165, 1.54) is 5.56 Å². The van der Waals surface area contributed by atoms with E-state index >= 15 is 0 Å². The molecule has 4 rings (SSSR count). The van der Waals surface area contributed by atoms with Gasteiger partial charge in [-0.3, -0.25) is 9.78 Å². The van der Waals surface area contributed by atoms with E-state index in [0.29, 0.717) is 13.1 Å². The standard InChI is InChI=1S/C24H27N5O/c1-24(2,3)19-9-7-18(8-10-19)23(30)29-16-14-28(15-17-29)22-12-11-21(26-27-22)20-6-4-5-13-25-20/h4-13H,14-17H2,1-3H3. The molecule has 1 aromatic carbocycles. The summed E-state index contributed by atoms with van der Waals surface area (Å²) in [6.45, 7) is 9.35. The first-order valence-electron chi connectivity index (χ1n) is 10.3. The number of anilines is 1. The second kappa shape index (κ2) is 8.22. The Bertz CT molecular complexity index is 987. The lowest BCUT2D eigenvalue weighted by Gasteiger charge is -2.35. The molecule has 30 heavy (non-hydrogen) atoms. The van der Waals surface area contributed by atoms with Crippen LogP contribution < -0.4 is 4.90 Å². The van der Waals surface area contributed by atoms with Gasteiger partial charge in [-0.25, -0.2) is 0 Å². The zero-order valence-electron chi connectivity index (χ0n) is 17.7. The molecule has 0 spiro atoms. The van der Waals surface area contributed by atoms with Crippen molar-refractivity contribution < 1.29 is 4.79 Å². The van der Waals surface area contributed by atoms with Gasteiger partial charge in [-0.1, -0.05) is 39.0 Å². The molecular formula is C24H27N5O. The molecule has 0 atom stereocenters. The minimum absolute atomic E-state index is 0.0837. The molecule has 0 saturated carbocycles. The number of hydrogen-bond donors (Lipinski definition) is 0. The van der Waals surface area contributed by atoms with E-state index in [1.54, 1.807) is 6.20 Å². The molecular weight excluding hydrogens is 374 g/mol. The highest BCUT2D eigenvalue weighted by molar-refractivity contribution is 5.94. The Balaban J connectivity index is 1.37. The monoisotopic (exact) mass is 401 g/mol. The molecule has 0 N–H and O–H groups in total. The fourth-order valence-corrected chi connectivity index (χ4v) is 3.58. The van der Waals surface area contributed by atoms with Crippen LogP contribution in [0.4, 0.5) is 5.82 Å². The van der Waals surface area contributed by atoms with E-state index in [-0.39, 0.29) is 11.3 Å². The summed E-state index contributed by atoms with van der Waals surface area (Å²) in [5, 5.41) is 8.69. The average Bonchev–Trinajstić information content (AvgIpc) is 2.79. The molecule has 2 aromatic heterocycles. The number of aromatic nitrogens is 3.